The van der Waals surface area contributed by atoms with Crippen LogP contribution in [0.2, 0.25) is 0 Å². The first-order valence-electron chi connectivity index (χ1n) is 10.4. The van der Waals surface area contributed by atoms with Crippen LogP contribution in [0.5, 0.6) is 0 Å². The maximum atomic E-state index is 12.8. The highest BCUT2D eigenvalue weighted by Gasteiger charge is 2.15. The van der Waals surface area contributed by atoms with Crippen LogP contribution in [0.25, 0.3) is 10.2 Å². The average Bonchev–Trinajstić information content (AvgIpc) is 3.09. The predicted octanol–water partition coefficient (Wildman–Crippen LogP) is 3.92. The van der Waals surface area contributed by atoms with E-state index in [0.29, 0.717) is 10.7 Å². The molecule has 3 aromatic rings. The number of amides is 1. The first kappa shape index (κ1) is 23.9. The SMILES string of the molecule is CCOC(=O)Cn1c(=NC(=O)c2ccc(S(=O)(=O)CC)cc2)sc2cc(C(C)C)ccc21. The van der Waals surface area contributed by atoms with E-state index in [2.05, 4.69) is 18.8 Å². The molecule has 0 aliphatic carbocycles. The maximum absolute atomic E-state index is 12.8. The zero-order valence-corrected chi connectivity index (χ0v) is 20.1. The Labute approximate surface area is 191 Å². The minimum Gasteiger partial charge on any atom is -0.465 e. The summed E-state index contributed by atoms with van der Waals surface area (Å²) in [5.74, 6) is -0.611. The Hall–Kier alpha value is -2.78. The Morgan fingerprint density at radius 1 is 1.09 bits per heavy atom. The number of rotatable bonds is 7. The van der Waals surface area contributed by atoms with Crippen molar-refractivity contribution in [1.29, 1.82) is 0 Å². The molecule has 1 heterocycles. The Morgan fingerprint density at radius 2 is 1.78 bits per heavy atom. The normalized spacial score (nSPS) is 12.5. The van der Waals surface area contributed by atoms with Crippen LogP contribution in [0.3, 0.4) is 0 Å². The first-order chi connectivity index (χ1) is 15.2. The number of hydrogen-bond donors (Lipinski definition) is 0. The summed E-state index contributed by atoms with van der Waals surface area (Å²) in [6.45, 7) is 7.70. The molecule has 0 saturated heterocycles. The van der Waals surface area contributed by atoms with E-state index in [1.807, 2.05) is 18.2 Å². The molecular weight excluding hydrogens is 448 g/mol. The number of thiazole rings is 1. The van der Waals surface area contributed by atoms with Gasteiger partial charge in [-0.1, -0.05) is 38.2 Å². The fourth-order valence-corrected chi connectivity index (χ4v) is 5.11. The smallest absolute Gasteiger partial charge is 0.326 e. The fraction of sp³-hybridized carbons (Fsp3) is 0.348. The summed E-state index contributed by atoms with van der Waals surface area (Å²) in [5, 5.41) is 0. The number of hydrogen-bond acceptors (Lipinski definition) is 6. The van der Waals surface area contributed by atoms with Crippen LogP contribution < -0.4 is 4.80 Å². The number of carbonyl (C=O) groups is 2. The lowest BCUT2D eigenvalue weighted by molar-refractivity contribution is -0.143. The predicted molar refractivity (Wildman–Crippen MR) is 125 cm³/mol. The number of aromatic nitrogens is 1. The Bertz CT molecular complexity index is 1320. The molecule has 0 N–H and O–H groups in total. The molecule has 0 aliphatic heterocycles. The van der Waals surface area contributed by atoms with Gasteiger partial charge in [-0.25, -0.2) is 8.42 Å². The van der Waals surface area contributed by atoms with Gasteiger partial charge in [0.15, 0.2) is 14.6 Å². The van der Waals surface area contributed by atoms with Crippen LogP contribution in [0, 0.1) is 0 Å². The van der Waals surface area contributed by atoms with Gasteiger partial charge in [0, 0.05) is 5.56 Å². The number of fused-ring (bicyclic) bond motifs is 1. The van der Waals surface area contributed by atoms with E-state index in [-0.39, 0.29) is 29.4 Å². The lowest BCUT2D eigenvalue weighted by Crippen LogP contribution is -2.23. The molecule has 170 valence electrons. The Kier molecular flexibility index (Phi) is 7.30. The summed E-state index contributed by atoms with van der Waals surface area (Å²) in [7, 11) is -3.35. The number of sulfone groups is 1. The third-order valence-corrected chi connectivity index (χ3v) is 7.80. The molecule has 0 unspecified atom stereocenters. The standard InChI is InChI=1S/C23H26N2O5S2/c1-5-30-21(26)14-25-19-12-9-17(15(3)4)13-20(19)31-23(25)24-22(27)16-7-10-18(11-8-16)32(28,29)6-2/h7-13,15H,5-6,14H2,1-4H3. The quantitative estimate of drug-likeness (QED) is 0.484. The van der Waals surface area contributed by atoms with Gasteiger partial charge in [-0.2, -0.15) is 4.99 Å². The van der Waals surface area contributed by atoms with Crippen molar-refractivity contribution in [3.8, 4) is 0 Å². The van der Waals surface area contributed by atoms with Gasteiger partial charge < -0.3 is 9.30 Å². The highest BCUT2D eigenvalue weighted by Crippen LogP contribution is 2.24. The lowest BCUT2D eigenvalue weighted by atomic mass is 10.0. The number of benzene rings is 2. The van der Waals surface area contributed by atoms with Crippen molar-refractivity contribution in [3.63, 3.8) is 0 Å². The van der Waals surface area contributed by atoms with Gasteiger partial charge in [0.05, 0.1) is 27.5 Å². The van der Waals surface area contributed by atoms with Crippen LogP contribution in [-0.2, 0) is 25.9 Å². The van der Waals surface area contributed by atoms with Gasteiger partial charge in [-0.05, 0) is 54.8 Å². The molecule has 0 radical (unpaired) electrons. The molecule has 0 aliphatic rings. The number of carbonyl (C=O) groups excluding carboxylic acids is 2. The highest BCUT2D eigenvalue weighted by atomic mass is 32.2. The lowest BCUT2D eigenvalue weighted by Gasteiger charge is -2.07. The van der Waals surface area contributed by atoms with E-state index in [0.717, 1.165) is 15.8 Å². The van der Waals surface area contributed by atoms with Crippen molar-refractivity contribution in [2.45, 2.75) is 45.1 Å². The summed E-state index contributed by atoms with van der Waals surface area (Å²) in [5.41, 5.74) is 2.21. The van der Waals surface area contributed by atoms with E-state index < -0.39 is 21.7 Å². The molecule has 9 heteroatoms. The minimum absolute atomic E-state index is 0.0152. The fourth-order valence-electron chi connectivity index (χ4n) is 3.15. The summed E-state index contributed by atoms with van der Waals surface area (Å²) in [6, 6.07) is 11.7. The minimum atomic E-state index is -3.35. The zero-order valence-electron chi connectivity index (χ0n) is 18.5. The van der Waals surface area contributed by atoms with Crippen LogP contribution in [0.4, 0.5) is 0 Å². The molecular formula is C23H26N2O5S2. The monoisotopic (exact) mass is 474 g/mol. The molecule has 7 nitrogen and oxygen atoms in total. The van der Waals surface area contributed by atoms with Crippen LogP contribution in [-0.4, -0.2) is 37.2 Å². The number of nitrogens with zero attached hydrogens (tertiary/aromatic N) is 2. The molecule has 0 bridgehead atoms. The van der Waals surface area contributed by atoms with Gasteiger partial charge in [0.1, 0.15) is 6.54 Å². The summed E-state index contributed by atoms with van der Waals surface area (Å²) in [4.78, 5) is 29.8. The number of esters is 1. The van der Waals surface area contributed by atoms with Gasteiger partial charge in [-0.15, -0.1) is 0 Å². The molecule has 32 heavy (non-hydrogen) atoms. The summed E-state index contributed by atoms with van der Waals surface area (Å²) < 4.78 is 31.7. The molecule has 0 spiro atoms. The molecule has 0 atom stereocenters. The van der Waals surface area contributed by atoms with Crippen molar-refractivity contribution < 1.29 is 22.7 Å². The second kappa shape index (κ2) is 9.79. The molecule has 1 aromatic heterocycles. The van der Waals surface area contributed by atoms with Crippen molar-refractivity contribution >= 4 is 43.3 Å². The Balaban J connectivity index is 2.07. The molecule has 2 aromatic carbocycles. The number of ether oxygens (including phenoxy) is 1. The van der Waals surface area contributed by atoms with Crippen LogP contribution in [0.1, 0.15) is 49.5 Å². The van der Waals surface area contributed by atoms with Gasteiger partial charge >= 0.3 is 5.97 Å². The highest BCUT2D eigenvalue weighted by molar-refractivity contribution is 7.91. The summed E-state index contributed by atoms with van der Waals surface area (Å²) in [6.07, 6.45) is 0. The van der Waals surface area contributed by atoms with E-state index in [1.165, 1.54) is 35.6 Å². The largest absolute Gasteiger partial charge is 0.465 e. The van der Waals surface area contributed by atoms with Crippen LogP contribution >= 0.6 is 11.3 Å². The topological polar surface area (TPSA) is 94.8 Å². The van der Waals surface area contributed by atoms with Crippen molar-refractivity contribution in [1.82, 2.24) is 4.57 Å². The van der Waals surface area contributed by atoms with Gasteiger partial charge in [0.2, 0.25) is 0 Å². The summed E-state index contributed by atoms with van der Waals surface area (Å²) >= 11 is 1.32. The van der Waals surface area contributed by atoms with E-state index in [1.54, 1.807) is 18.4 Å². The third kappa shape index (κ3) is 5.16. The second-order valence-electron chi connectivity index (χ2n) is 7.50. The molecule has 3 rings (SSSR count). The average molecular weight is 475 g/mol. The van der Waals surface area contributed by atoms with Crippen molar-refractivity contribution in [2.24, 2.45) is 4.99 Å². The van der Waals surface area contributed by atoms with Gasteiger partial charge in [0.25, 0.3) is 5.91 Å². The van der Waals surface area contributed by atoms with Crippen molar-refractivity contribution in [3.05, 3.63) is 58.4 Å². The second-order valence-corrected chi connectivity index (χ2v) is 10.8. The molecule has 0 saturated carbocycles. The maximum Gasteiger partial charge on any atom is 0.326 e. The van der Waals surface area contributed by atoms with Crippen LogP contribution in [0.15, 0.2) is 52.4 Å². The zero-order chi connectivity index (χ0) is 23.5. The van der Waals surface area contributed by atoms with Crippen molar-refractivity contribution in [2.75, 3.05) is 12.4 Å². The molecule has 1 amide bonds. The van der Waals surface area contributed by atoms with E-state index in [9.17, 15) is 18.0 Å². The van der Waals surface area contributed by atoms with Gasteiger partial charge in [-0.3, -0.25) is 9.59 Å². The first-order valence-corrected chi connectivity index (χ1v) is 12.8. The Morgan fingerprint density at radius 3 is 2.38 bits per heavy atom. The van der Waals surface area contributed by atoms with E-state index >= 15 is 0 Å². The van der Waals surface area contributed by atoms with E-state index in [4.69, 9.17) is 4.74 Å². The third-order valence-electron chi connectivity index (χ3n) is 5.00. The molecule has 0 fully saturated rings.